The molecule has 0 aromatic heterocycles. The Kier molecular flexibility index (Phi) is 9.25. The van der Waals surface area contributed by atoms with E-state index in [0.29, 0.717) is 5.69 Å². The fraction of sp³-hybridized carbons (Fsp3) is 0.636. The molecule has 2 rings (SSSR count). The third-order valence-corrected chi connectivity index (χ3v) is 5.57. The highest BCUT2D eigenvalue weighted by Crippen LogP contribution is 2.21. The van der Waals surface area contributed by atoms with Crippen molar-refractivity contribution in [3.05, 3.63) is 24.3 Å². The van der Waals surface area contributed by atoms with Gasteiger partial charge in [-0.25, -0.2) is 4.79 Å². The predicted molar refractivity (Wildman–Crippen MR) is 119 cm³/mol. The number of nitrogens with zero attached hydrogens (tertiary/aromatic N) is 2. The van der Waals surface area contributed by atoms with Crippen LogP contribution >= 0.6 is 0 Å². The lowest BCUT2D eigenvalue weighted by Crippen LogP contribution is -2.51. The molecule has 2 atom stereocenters. The number of hydrogen-bond acceptors (Lipinski definition) is 4. The van der Waals surface area contributed by atoms with E-state index in [1.807, 2.05) is 38.1 Å². The molecule has 1 aromatic rings. The first-order chi connectivity index (χ1) is 13.9. The number of carbonyl (C=O) groups excluding carboxylic acids is 2. The van der Waals surface area contributed by atoms with Gasteiger partial charge in [0, 0.05) is 27.2 Å². The standard InChI is InChI=1S/C22H37N5O2/c1-5-17(2)20(21(28)26(3)4)25-22(29)24-19-12-8-7-11-18(19)23-13-16-27-14-9-6-10-15-27/h7-8,11-12,17,20,23H,5-6,9-10,13-16H2,1-4H3,(H2,24,25,29). The zero-order chi connectivity index (χ0) is 21.2. The zero-order valence-corrected chi connectivity index (χ0v) is 18.3. The molecule has 1 saturated heterocycles. The summed E-state index contributed by atoms with van der Waals surface area (Å²) < 4.78 is 0. The highest BCUT2D eigenvalue weighted by molar-refractivity contribution is 5.96. The summed E-state index contributed by atoms with van der Waals surface area (Å²) in [5.74, 6) is -0.0454. The topological polar surface area (TPSA) is 76.7 Å². The number of anilines is 2. The molecule has 3 amide bonds. The van der Waals surface area contributed by atoms with Crippen LogP contribution < -0.4 is 16.0 Å². The molecule has 3 N–H and O–H groups in total. The van der Waals surface area contributed by atoms with Gasteiger partial charge in [-0.05, 0) is 44.0 Å². The number of piperidine rings is 1. The molecule has 0 bridgehead atoms. The molecule has 1 fully saturated rings. The van der Waals surface area contributed by atoms with Crippen LogP contribution in [0.25, 0.3) is 0 Å². The van der Waals surface area contributed by atoms with Gasteiger partial charge in [0.05, 0.1) is 11.4 Å². The van der Waals surface area contributed by atoms with Crippen LogP contribution in [0.5, 0.6) is 0 Å². The number of rotatable bonds is 9. The maximum Gasteiger partial charge on any atom is 0.319 e. The molecule has 0 saturated carbocycles. The molecule has 0 aliphatic carbocycles. The number of para-hydroxylation sites is 2. The van der Waals surface area contributed by atoms with Crippen LogP contribution in [0.1, 0.15) is 39.5 Å². The second-order valence-corrected chi connectivity index (χ2v) is 8.07. The van der Waals surface area contributed by atoms with Crippen molar-refractivity contribution in [2.75, 3.05) is 50.9 Å². The van der Waals surface area contributed by atoms with Crippen molar-refractivity contribution in [2.24, 2.45) is 5.92 Å². The first-order valence-electron chi connectivity index (χ1n) is 10.8. The molecule has 1 aliphatic rings. The molecule has 162 valence electrons. The first-order valence-corrected chi connectivity index (χ1v) is 10.8. The van der Waals surface area contributed by atoms with Gasteiger partial charge < -0.3 is 25.8 Å². The summed E-state index contributed by atoms with van der Waals surface area (Å²) >= 11 is 0. The van der Waals surface area contributed by atoms with E-state index in [1.54, 1.807) is 14.1 Å². The molecule has 0 spiro atoms. The summed E-state index contributed by atoms with van der Waals surface area (Å²) in [7, 11) is 3.41. The third-order valence-electron chi connectivity index (χ3n) is 5.57. The van der Waals surface area contributed by atoms with E-state index in [4.69, 9.17) is 0 Å². The van der Waals surface area contributed by atoms with Crippen molar-refractivity contribution in [3.8, 4) is 0 Å². The van der Waals surface area contributed by atoms with E-state index in [9.17, 15) is 9.59 Å². The molecule has 1 aliphatic heterocycles. The van der Waals surface area contributed by atoms with Gasteiger partial charge in [-0.1, -0.05) is 38.8 Å². The Morgan fingerprint density at radius 2 is 1.76 bits per heavy atom. The normalized spacial score (nSPS) is 16.6. The van der Waals surface area contributed by atoms with Crippen LogP contribution in [0.15, 0.2) is 24.3 Å². The van der Waals surface area contributed by atoms with Gasteiger partial charge in [0.15, 0.2) is 0 Å². The number of hydrogen-bond donors (Lipinski definition) is 3. The third kappa shape index (κ3) is 7.24. The van der Waals surface area contributed by atoms with Gasteiger partial charge >= 0.3 is 6.03 Å². The van der Waals surface area contributed by atoms with Gasteiger partial charge in [-0.2, -0.15) is 0 Å². The van der Waals surface area contributed by atoms with Crippen molar-refractivity contribution in [1.82, 2.24) is 15.1 Å². The Hall–Kier alpha value is -2.28. The first kappa shape index (κ1) is 23.0. The predicted octanol–water partition coefficient (Wildman–Crippen LogP) is 3.21. The van der Waals surface area contributed by atoms with Gasteiger partial charge in [0.2, 0.25) is 5.91 Å². The summed E-state index contributed by atoms with van der Waals surface area (Å²) in [5, 5.41) is 9.20. The molecule has 2 unspecified atom stereocenters. The average Bonchev–Trinajstić information content (AvgIpc) is 2.73. The van der Waals surface area contributed by atoms with E-state index in [2.05, 4.69) is 20.9 Å². The highest BCUT2D eigenvalue weighted by atomic mass is 16.2. The van der Waals surface area contributed by atoms with E-state index >= 15 is 0 Å². The number of carbonyl (C=O) groups is 2. The fourth-order valence-corrected chi connectivity index (χ4v) is 3.54. The lowest BCUT2D eigenvalue weighted by molar-refractivity contribution is -0.131. The second-order valence-electron chi connectivity index (χ2n) is 8.07. The molecular formula is C22H37N5O2. The number of amides is 3. The Bertz CT molecular complexity index is 658. The van der Waals surface area contributed by atoms with Crippen LogP contribution in [0, 0.1) is 5.92 Å². The summed E-state index contributed by atoms with van der Waals surface area (Å²) in [6, 6.07) is 6.76. The number of likely N-dealkylation sites (tertiary alicyclic amines) is 1. The molecule has 1 aromatic carbocycles. The second kappa shape index (κ2) is 11.7. The molecule has 29 heavy (non-hydrogen) atoms. The van der Waals surface area contributed by atoms with Crippen LogP contribution in [-0.4, -0.2) is 68.1 Å². The van der Waals surface area contributed by atoms with E-state index in [1.165, 1.54) is 37.3 Å². The summed E-state index contributed by atoms with van der Waals surface area (Å²) in [6.45, 7) is 8.15. The number of nitrogens with one attached hydrogen (secondary N) is 3. The minimum absolute atomic E-state index is 0.0496. The smallest absolute Gasteiger partial charge is 0.319 e. The largest absolute Gasteiger partial charge is 0.382 e. The van der Waals surface area contributed by atoms with E-state index in [0.717, 1.165) is 25.2 Å². The average molecular weight is 404 g/mol. The van der Waals surface area contributed by atoms with Crippen molar-refractivity contribution < 1.29 is 9.59 Å². The quantitative estimate of drug-likeness (QED) is 0.592. The molecule has 7 nitrogen and oxygen atoms in total. The minimum atomic E-state index is -0.547. The lowest BCUT2D eigenvalue weighted by atomic mass is 9.98. The minimum Gasteiger partial charge on any atom is -0.382 e. The summed E-state index contributed by atoms with van der Waals surface area (Å²) in [5.41, 5.74) is 1.60. The Balaban J connectivity index is 1.94. The van der Waals surface area contributed by atoms with Crippen LogP contribution in [0.2, 0.25) is 0 Å². The summed E-state index contributed by atoms with van der Waals surface area (Å²) in [4.78, 5) is 29.1. The zero-order valence-electron chi connectivity index (χ0n) is 18.3. The lowest BCUT2D eigenvalue weighted by Gasteiger charge is -2.27. The molecular weight excluding hydrogens is 366 g/mol. The van der Waals surface area contributed by atoms with Gasteiger partial charge in [0.25, 0.3) is 0 Å². The van der Waals surface area contributed by atoms with Crippen LogP contribution in [0.3, 0.4) is 0 Å². The van der Waals surface area contributed by atoms with Crippen molar-refractivity contribution in [2.45, 2.75) is 45.6 Å². The Morgan fingerprint density at radius 1 is 1.10 bits per heavy atom. The monoisotopic (exact) mass is 403 g/mol. The number of urea groups is 1. The van der Waals surface area contributed by atoms with Crippen molar-refractivity contribution >= 4 is 23.3 Å². The van der Waals surface area contributed by atoms with Gasteiger partial charge in [0.1, 0.15) is 6.04 Å². The maximum absolute atomic E-state index is 12.6. The Labute approximate surface area is 175 Å². The van der Waals surface area contributed by atoms with Crippen molar-refractivity contribution in [1.29, 1.82) is 0 Å². The fourth-order valence-electron chi connectivity index (χ4n) is 3.54. The summed E-state index contributed by atoms with van der Waals surface area (Å²) in [6.07, 6.45) is 4.70. The highest BCUT2D eigenvalue weighted by Gasteiger charge is 2.27. The molecule has 0 radical (unpaired) electrons. The van der Waals surface area contributed by atoms with Crippen LogP contribution in [-0.2, 0) is 4.79 Å². The van der Waals surface area contributed by atoms with Crippen molar-refractivity contribution in [3.63, 3.8) is 0 Å². The van der Waals surface area contributed by atoms with Crippen LogP contribution in [0.4, 0.5) is 16.2 Å². The van der Waals surface area contributed by atoms with Gasteiger partial charge in [-0.15, -0.1) is 0 Å². The maximum atomic E-state index is 12.6. The molecule has 1 heterocycles. The number of benzene rings is 1. The SMILES string of the molecule is CCC(C)C(NC(=O)Nc1ccccc1NCCN1CCCCC1)C(=O)N(C)C. The van der Waals surface area contributed by atoms with E-state index in [-0.39, 0.29) is 17.9 Å². The van der Waals surface area contributed by atoms with E-state index < -0.39 is 6.04 Å². The van der Waals surface area contributed by atoms with Gasteiger partial charge in [-0.3, -0.25) is 4.79 Å². The number of likely N-dealkylation sites (N-methyl/N-ethyl adjacent to an activating group) is 1. The molecule has 7 heteroatoms. The Morgan fingerprint density at radius 3 is 2.38 bits per heavy atom.